The number of H-pyrrole nitrogens is 1. The molecule has 0 radical (unpaired) electrons. The van der Waals surface area contributed by atoms with Gasteiger partial charge >= 0.3 is 0 Å². The van der Waals surface area contributed by atoms with Crippen LogP contribution in [0.3, 0.4) is 0 Å². The highest BCUT2D eigenvalue weighted by molar-refractivity contribution is 9.10. The molecule has 1 aromatic rings. The fraction of sp³-hybridized carbons (Fsp3) is 0.250. The first-order valence-electron chi connectivity index (χ1n) is 3.75. The fourth-order valence-corrected chi connectivity index (χ4v) is 1.19. The summed E-state index contributed by atoms with van der Waals surface area (Å²) in [4.78, 5) is 13.7. The average Bonchev–Trinajstić information content (AvgIpc) is 2.09. The minimum atomic E-state index is -0.318. The first kappa shape index (κ1) is 9.98. The zero-order valence-corrected chi connectivity index (χ0v) is 8.64. The van der Waals surface area contributed by atoms with E-state index in [0.29, 0.717) is 11.1 Å². The molecule has 4 nitrogen and oxygen atoms in total. The second kappa shape index (κ2) is 4.23. The van der Waals surface area contributed by atoms with E-state index in [1.54, 1.807) is 13.0 Å². The van der Waals surface area contributed by atoms with Gasteiger partial charge in [0.05, 0.1) is 6.61 Å². The van der Waals surface area contributed by atoms with Crippen molar-refractivity contribution in [1.29, 1.82) is 5.41 Å². The molecule has 0 spiro atoms. The van der Waals surface area contributed by atoms with Crippen molar-refractivity contribution in [3.63, 3.8) is 0 Å². The number of aromatic amines is 1. The summed E-state index contributed by atoms with van der Waals surface area (Å²) in [5.74, 6) is -0.106. The summed E-state index contributed by atoms with van der Waals surface area (Å²) in [7, 11) is 0. The van der Waals surface area contributed by atoms with Crippen molar-refractivity contribution < 1.29 is 4.74 Å². The molecule has 1 rings (SSSR count). The molecule has 0 atom stereocenters. The van der Waals surface area contributed by atoms with Gasteiger partial charge < -0.3 is 9.72 Å². The average molecular weight is 245 g/mol. The van der Waals surface area contributed by atoms with Gasteiger partial charge in [-0.15, -0.1) is 0 Å². The van der Waals surface area contributed by atoms with Crippen LogP contribution in [-0.2, 0) is 4.74 Å². The Morgan fingerprint density at radius 1 is 1.77 bits per heavy atom. The lowest BCUT2D eigenvalue weighted by atomic mass is 10.3. The second-order valence-electron chi connectivity index (χ2n) is 2.32. The molecular weight excluding hydrogens is 236 g/mol. The minimum absolute atomic E-state index is 0.106. The monoisotopic (exact) mass is 244 g/mol. The molecule has 0 aliphatic rings. The molecule has 70 valence electrons. The van der Waals surface area contributed by atoms with Crippen LogP contribution in [0.25, 0.3) is 0 Å². The zero-order chi connectivity index (χ0) is 9.84. The third kappa shape index (κ3) is 2.42. The van der Waals surface area contributed by atoms with E-state index in [1.807, 2.05) is 0 Å². The summed E-state index contributed by atoms with van der Waals surface area (Å²) >= 11 is 3.19. The van der Waals surface area contributed by atoms with Crippen molar-refractivity contribution in [1.82, 2.24) is 4.98 Å². The van der Waals surface area contributed by atoms with E-state index in [0.717, 1.165) is 0 Å². The number of aromatic nitrogens is 1. The van der Waals surface area contributed by atoms with Crippen molar-refractivity contribution in [2.45, 2.75) is 6.92 Å². The van der Waals surface area contributed by atoms with E-state index in [4.69, 9.17) is 10.1 Å². The van der Waals surface area contributed by atoms with Crippen LogP contribution in [0, 0.1) is 5.41 Å². The maximum absolute atomic E-state index is 11.2. The summed E-state index contributed by atoms with van der Waals surface area (Å²) in [6, 6.07) is 1.55. The summed E-state index contributed by atoms with van der Waals surface area (Å²) in [6.07, 6.45) is 1.52. The SMILES string of the molecule is CCOC(=N)c1cc(Br)c[nH]c1=O. The summed E-state index contributed by atoms with van der Waals surface area (Å²) in [5.41, 5.74) is -0.0853. The lowest BCUT2D eigenvalue weighted by Crippen LogP contribution is -2.19. The molecule has 2 N–H and O–H groups in total. The van der Waals surface area contributed by atoms with Crippen molar-refractivity contribution in [3.8, 4) is 0 Å². The smallest absolute Gasteiger partial charge is 0.260 e. The van der Waals surface area contributed by atoms with Crippen LogP contribution in [0.5, 0.6) is 0 Å². The van der Waals surface area contributed by atoms with Crippen LogP contribution < -0.4 is 5.56 Å². The van der Waals surface area contributed by atoms with E-state index in [-0.39, 0.29) is 17.0 Å². The predicted octanol–water partition coefficient (Wildman–Crippen LogP) is 1.50. The number of hydrogen-bond acceptors (Lipinski definition) is 3. The highest BCUT2D eigenvalue weighted by Gasteiger charge is 2.07. The van der Waals surface area contributed by atoms with E-state index in [1.165, 1.54) is 6.20 Å². The molecule has 0 saturated carbocycles. The molecule has 13 heavy (non-hydrogen) atoms. The standard InChI is InChI=1S/C8H9BrN2O2/c1-2-13-7(10)6-3-5(9)4-11-8(6)12/h3-4,10H,2H2,1H3,(H,11,12). The van der Waals surface area contributed by atoms with Gasteiger partial charge in [-0.3, -0.25) is 10.2 Å². The Balaban J connectivity index is 3.06. The summed E-state index contributed by atoms with van der Waals surface area (Å²) in [5, 5.41) is 7.40. The van der Waals surface area contributed by atoms with E-state index < -0.39 is 0 Å². The zero-order valence-electron chi connectivity index (χ0n) is 7.06. The van der Waals surface area contributed by atoms with Crippen LogP contribution in [0.4, 0.5) is 0 Å². The normalized spacial score (nSPS) is 9.69. The van der Waals surface area contributed by atoms with Gasteiger partial charge in [-0.2, -0.15) is 0 Å². The Morgan fingerprint density at radius 3 is 3.08 bits per heavy atom. The fourth-order valence-electron chi connectivity index (χ4n) is 0.848. The topological polar surface area (TPSA) is 65.9 Å². The van der Waals surface area contributed by atoms with Crippen LogP contribution in [0.2, 0.25) is 0 Å². The molecule has 0 aliphatic heterocycles. The van der Waals surface area contributed by atoms with E-state index in [9.17, 15) is 4.79 Å². The van der Waals surface area contributed by atoms with Gasteiger partial charge in [0.2, 0.25) is 5.90 Å². The Bertz CT molecular complexity index is 373. The number of halogens is 1. The lowest BCUT2D eigenvalue weighted by molar-refractivity contribution is 0.325. The molecule has 0 bridgehead atoms. The van der Waals surface area contributed by atoms with Gasteiger partial charge in [0, 0.05) is 10.7 Å². The lowest BCUT2D eigenvalue weighted by Gasteiger charge is -2.03. The molecule has 0 fully saturated rings. The largest absolute Gasteiger partial charge is 0.478 e. The molecule has 0 aromatic carbocycles. The third-order valence-electron chi connectivity index (χ3n) is 1.40. The quantitative estimate of drug-likeness (QED) is 0.612. The Morgan fingerprint density at radius 2 is 2.46 bits per heavy atom. The summed E-state index contributed by atoms with van der Waals surface area (Å²) in [6.45, 7) is 2.14. The van der Waals surface area contributed by atoms with Crippen molar-refractivity contribution >= 4 is 21.8 Å². The Labute approximate surface area is 83.6 Å². The maximum Gasteiger partial charge on any atom is 0.260 e. The molecule has 0 saturated heterocycles. The summed E-state index contributed by atoms with van der Waals surface area (Å²) < 4.78 is 5.62. The van der Waals surface area contributed by atoms with Gasteiger partial charge in [0.1, 0.15) is 5.56 Å². The molecular formula is C8H9BrN2O2. The minimum Gasteiger partial charge on any atom is -0.478 e. The number of hydrogen-bond donors (Lipinski definition) is 2. The molecule has 5 heteroatoms. The van der Waals surface area contributed by atoms with E-state index >= 15 is 0 Å². The predicted molar refractivity (Wildman–Crippen MR) is 53.2 cm³/mol. The van der Waals surface area contributed by atoms with Crippen LogP contribution in [-0.4, -0.2) is 17.5 Å². The Kier molecular flexibility index (Phi) is 3.25. The van der Waals surface area contributed by atoms with Crippen molar-refractivity contribution in [3.05, 3.63) is 32.7 Å². The highest BCUT2D eigenvalue weighted by atomic mass is 79.9. The number of pyridine rings is 1. The molecule has 1 heterocycles. The number of rotatable bonds is 2. The van der Waals surface area contributed by atoms with Gasteiger partial charge in [0.25, 0.3) is 5.56 Å². The van der Waals surface area contributed by atoms with Gasteiger partial charge in [-0.1, -0.05) is 0 Å². The number of ether oxygens (including phenoxy) is 1. The highest BCUT2D eigenvalue weighted by Crippen LogP contribution is 2.07. The maximum atomic E-state index is 11.2. The second-order valence-corrected chi connectivity index (χ2v) is 3.24. The van der Waals surface area contributed by atoms with Gasteiger partial charge in [-0.25, -0.2) is 0 Å². The van der Waals surface area contributed by atoms with E-state index in [2.05, 4.69) is 20.9 Å². The van der Waals surface area contributed by atoms with Crippen molar-refractivity contribution in [2.24, 2.45) is 0 Å². The molecule has 0 unspecified atom stereocenters. The van der Waals surface area contributed by atoms with Crippen LogP contribution in [0.15, 0.2) is 21.5 Å². The molecule has 0 amide bonds. The first-order chi connectivity index (χ1) is 6.15. The van der Waals surface area contributed by atoms with Crippen LogP contribution >= 0.6 is 15.9 Å². The van der Waals surface area contributed by atoms with Gasteiger partial charge in [0.15, 0.2) is 0 Å². The first-order valence-corrected chi connectivity index (χ1v) is 4.54. The van der Waals surface area contributed by atoms with Crippen LogP contribution in [0.1, 0.15) is 12.5 Å². The number of nitrogens with one attached hydrogen (secondary N) is 2. The van der Waals surface area contributed by atoms with Gasteiger partial charge in [-0.05, 0) is 28.9 Å². The Hall–Kier alpha value is -1.10. The van der Waals surface area contributed by atoms with Crippen molar-refractivity contribution in [2.75, 3.05) is 6.61 Å². The third-order valence-corrected chi connectivity index (χ3v) is 1.86. The molecule has 0 aliphatic carbocycles. The molecule has 1 aromatic heterocycles.